The maximum Gasteiger partial charge on any atom is 0.322 e. The molecule has 1 aliphatic heterocycles. The van der Waals surface area contributed by atoms with Crippen LogP contribution in [0.5, 0.6) is 0 Å². The molecule has 7 amide bonds. The number of carbonyl (C=O) groups excluding carboxylic acids is 7. The van der Waals surface area contributed by atoms with Gasteiger partial charge in [0.25, 0.3) is 0 Å². The molecule has 5 unspecified atom stereocenters. The zero-order valence-electron chi connectivity index (χ0n) is 28.6. The first kappa shape index (κ1) is 44.4. The first-order chi connectivity index (χ1) is 24.5. The molecule has 1 rings (SSSR count). The van der Waals surface area contributed by atoms with E-state index in [4.69, 9.17) is 33.8 Å². The molecule has 0 radical (unpaired) electrons. The average Bonchev–Trinajstić information content (AvgIpc) is 3.56. The molecule has 52 heavy (non-hydrogen) atoms. The minimum absolute atomic E-state index is 0.0728. The van der Waals surface area contributed by atoms with Gasteiger partial charge in [0.1, 0.15) is 30.7 Å². The summed E-state index contributed by atoms with van der Waals surface area (Å²) in [5.41, 5.74) is 27.2. The second kappa shape index (κ2) is 23.0. The Morgan fingerprint density at radius 1 is 0.731 bits per heavy atom. The molecule has 5 atom stereocenters. The number of aliphatic imine (C=N–C) groups is 1. The number of aliphatic carboxylic acids is 2. The van der Waals surface area contributed by atoms with Crippen LogP contribution in [-0.2, 0) is 43.2 Å². The van der Waals surface area contributed by atoms with E-state index in [2.05, 4.69) is 26.3 Å². The van der Waals surface area contributed by atoms with Gasteiger partial charge in [0.15, 0.2) is 5.96 Å². The molecule has 23 heteroatoms. The molecule has 0 saturated carbocycles. The van der Waals surface area contributed by atoms with Gasteiger partial charge in [-0.3, -0.25) is 48.1 Å². The number of nitrogens with zero attached hydrogens (tertiary/aromatic N) is 2. The van der Waals surface area contributed by atoms with Crippen molar-refractivity contribution in [3.05, 3.63) is 0 Å². The molecule has 0 aromatic rings. The van der Waals surface area contributed by atoms with E-state index >= 15 is 0 Å². The van der Waals surface area contributed by atoms with Gasteiger partial charge in [-0.05, 0) is 45.1 Å². The summed E-state index contributed by atoms with van der Waals surface area (Å²) in [6, 6.07) is -6.71. The van der Waals surface area contributed by atoms with E-state index in [0.717, 1.165) is 4.90 Å². The van der Waals surface area contributed by atoms with E-state index in [-0.39, 0.29) is 38.3 Å². The first-order valence-corrected chi connectivity index (χ1v) is 16.5. The predicted molar refractivity (Wildman–Crippen MR) is 181 cm³/mol. The molecule has 1 heterocycles. The number of carbonyl (C=O) groups is 9. The summed E-state index contributed by atoms with van der Waals surface area (Å²) >= 11 is 0. The van der Waals surface area contributed by atoms with Crippen molar-refractivity contribution in [2.24, 2.45) is 33.7 Å². The zero-order chi connectivity index (χ0) is 39.4. The third-order valence-electron chi connectivity index (χ3n) is 7.64. The van der Waals surface area contributed by atoms with E-state index in [1.807, 2.05) is 5.32 Å². The van der Waals surface area contributed by atoms with Crippen LogP contribution in [0.25, 0.3) is 0 Å². The predicted octanol–water partition coefficient (Wildman–Crippen LogP) is -6.39. The van der Waals surface area contributed by atoms with Gasteiger partial charge < -0.3 is 70.4 Å². The Morgan fingerprint density at radius 3 is 1.94 bits per heavy atom. The summed E-state index contributed by atoms with van der Waals surface area (Å²) < 4.78 is 0. The Labute approximate surface area is 298 Å². The van der Waals surface area contributed by atoms with Crippen molar-refractivity contribution in [3.8, 4) is 0 Å². The van der Waals surface area contributed by atoms with E-state index in [1.165, 1.54) is 0 Å². The summed E-state index contributed by atoms with van der Waals surface area (Å²) in [6.45, 7) is -0.803. The number of guanidine groups is 1. The summed E-state index contributed by atoms with van der Waals surface area (Å²) in [4.78, 5) is 116. The molecule has 23 nitrogen and oxygen atoms in total. The normalized spacial score (nSPS) is 15.9. The third-order valence-corrected chi connectivity index (χ3v) is 7.64. The van der Waals surface area contributed by atoms with Gasteiger partial charge in [0.05, 0.1) is 25.4 Å². The van der Waals surface area contributed by atoms with E-state index in [0.29, 0.717) is 32.2 Å². The van der Waals surface area contributed by atoms with Crippen LogP contribution in [-0.4, -0.2) is 137 Å². The van der Waals surface area contributed by atoms with Crippen molar-refractivity contribution in [1.29, 1.82) is 0 Å². The lowest BCUT2D eigenvalue weighted by atomic mass is 10.1. The van der Waals surface area contributed by atoms with Crippen molar-refractivity contribution >= 4 is 59.2 Å². The van der Waals surface area contributed by atoms with E-state index < -0.39 is 109 Å². The number of amides is 7. The summed E-state index contributed by atoms with van der Waals surface area (Å²) in [5.74, 6) is -9.43. The van der Waals surface area contributed by atoms with Crippen LogP contribution >= 0.6 is 0 Å². The highest BCUT2D eigenvalue weighted by molar-refractivity contribution is 5.98. The molecule has 0 aliphatic carbocycles. The van der Waals surface area contributed by atoms with Crippen LogP contribution in [0, 0.1) is 0 Å². The number of carboxylic acids is 2. The minimum Gasteiger partial charge on any atom is -0.481 e. The molecule has 0 spiro atoms. The number of unbranched alkanes of at least 4 members (excludes halogenated alkanes) is 1. The molecule has 1 saturated heterocycles. The topological polar surface area (TPSA) is 400 Å². The van der Waals surface area contributed by atoms with Crippen LogP contribution in [0.3, 0.4) is 0 Å². The smallest absolute Gasteiger partial charge is 0.322 e. The number of rotatable bonds is 24. The van der Waals surface area contributed by atoms with Crippen LogP contribution in [0.15, 0.2) is 4.99 Å². The molecular formula is C29H50N12O11. The van der Waals surface area contributed by atoms with Crippen LogP contribution in [0.4, 0.5) is 0 Å². The fraction of sp³-hybridized carbons (Fsp3) is 0.655. The van der Waals surface area contributed by atoms with E-state index in [9.17, 15) is 48.3 Å². The van der Waals surface area contributed by atoms with Gasteiger partial charge in [-0.25, -0.2) is 0 Å². The number of hydrogen-bond donors (Lipinski definition) is 12. The molecule has 1 fully saturated rings. The number of primary amides is 1. The number of hydrogen-bond acceptors (Lipinski definition) is 12. The highest BCUT2D eigenvalue weighted by Crippen LogP contribution is 2.18. The lowest BCUT2D eigenvalue weighted by Crippen LogP contribution is -2.58. The molecule has 292 valence electrons. The summed E-state index contributed by atoms with van der Waals surface area (Å²) in [7, 11) is 0. The molecule has 0 aromatic heterocycles. The Kier molecular flexibility index (Phi) is 19.7. The van der Waals surface area contributed by atoms with E-state index in [1.54, 1.807) is 0 Å². The minimum atomic E-state index is -1.80. The lowest BCUT2D eigenvalue weighted by molar-refractivity contribution is -0.143. The lowest BCUT2D eigenvalue weighted by Gasteiger charge is -2.27. The van der Waals surface area contributed by atoms with Crippen molar-refractivity contribution in [2.45, 2.75) is 88.0 Å². The fourth-order valence-corrected chi connectivity index (χ4v) is 5.04. The largest absolute Gasteiger partial charge is 0.481 e. The highest BCUT2D eigenvalue weighted by Gasteiger charge is 2.37. The van der Waals surface area contributed by atoms with Crippen molar-refractivity contribution in [3.63, 3.8) is 0 Å². The van der Waals surface area contributed by atoms with Crippen molar-refractivity contribution in [1.82, 2.24) is 31.5 Å². The van der Waals surface area contributed by atoms with Gasteiger partial charge in [-0.2, -0.15) is 0 Å². The van der Waals surface area contributed by atoms with Gasteiger partial charge in [-0.15, -0.1) is 0 Å². The highest BCUT2D eigenvalue weighted by atomic mass is 16.4. The fourth-order valence-electron chi connectivity index (χ4n) is 5.04. The van der Waals surface area contributed by atoms with Gasteiger partial charge in [-0.1, -0.05) is 6.42 Å². The summed E-state index contributed by atoms with van der Waals surface area (Å²) in [5, 5.41) is 29.5. The number of carboxylic acid groups (broad SMARTS) is 2. The maximum absolute atomic E-state index is 13.3. The molecule has 0 bridgehead atoms. The molecule has 0 aromatic carbocycles. The Morgan fingerprint density at radius 2 is 1.35 bits per heavy atom. The SMILES string of the molecule is NCCCCC(N)C(=O)NC(CCCN=C(N)N)C(=O)NCC(=O)N1CCCC1C(=O)NC(CC(=O)O)C(=O)NC(CC(N)=O)C(=O)NCC(=O)O. The van der Waals surface area contributed by atoms with Crippen LogP contribution in [0.1, 0.15) is 57.8 Å². The second-order valence-electron chi connectivity index (χ2n) is 11.9. The van der Waals surface area contributed by atoms with Gasteiger partial charge in [0, 0.05) is 13.1 Å². The molecular weight excluding hydrogens is 692 g/mol. The second-order valence-corrected chi connectivity index (χ2v) is 11.9. The molecule has 17 N–H and O–H groups in total. The number of nitrogens with one attached hydrogen (secondary N) is 5. The zero-order valence-corrected chi connectivity index (χ0v) is 28.6. The standard InChI is InChI=1S/C29H50N12O11/c30-8-2-1-5-15(31)24(48)38-16(6-3-9-35-29(33)34)25(49)36-13-21(43)41-10-4-7-19(41)28(52)40-18(12-22(44)45)27(51)39-17(11-20(32)42)26(50)37-14-23(46)47/h15-19H,1-14,30-31H2,(H2,32,42)(H,36,49)(H,37,50)(H,38,48)(H,39,51)(H,40,52)(H,44,45)(H,46,47)(H4,33,34,35). The average molecular weight is 743 g/mol. The maximum atomic E-state index is 13.3. The quantitative estimate of drug-likeness (QED) is 0.0249. The monoisotopic (exact) mass is 742 g/mol. The first-order valence-electron chi connectivity index (χ1n) is 16.5. The third kappa shape index (κ3) is 16.9. The van der Waals surface area contributed by atoms with Gasteiger partial charge in [0.2, 0.25) is 41.4 Å². The Hall–Kier alpha value is -5.58. The number of nitrogens with two attached hydrogens (primary N) is 5. The Balaban J connectivity index is 2.99. The van der Waals surface area contributed by atoms with Crippen molar-refractivity contribution in [2.75, 3.05) is 32.7 Å². The van der Waals surface area contributed by atoms with Crippen LogP contribution in [0.2, 0.25) is 0 Å². The van der Waals surface area contributed by atoms with Crippen LogP contribution < -0.4 is 55.3 Å². The van der Waals surface area contributed by atoms with Gasteiger partial charge >= 0.3 is 11.9 Å². The van der Waals surface area contributed by atoms with Crippen molar-refractivity contribution < 1.29 is 53.4 Å². The Bertz CT molecular complexity index is 1340. The number of likely N-dealkylation sites (tertiary alicyclic amines) is 1. The molecule has 1 aliphatic rings. The summed E-state index contributed by atoms with van der Waals surface area (Å²) in [6.07, 6.45) is 0.641.